The molecular formula is C38H36N8O2Y2-2. The topological polar surface area (TPSA) is 70.2 Å². The van der Waals surface area contributed by atoms with Crippen LogP contribution in [0.15, 0.2) is 83.9 Å². The molecule has 0 fully saturated rings. The molecule has 0 atom stereocenters. The number of aryl methyl sites for hydroxylation is 2. The fourth-order valence-electron chi connectivity index (χ4n) is 7.52. The van der Waals surface area contributed by atoms with Gasteiger partial charge < -0.3 is 37.2 Å². The molecule has 0 aromatic carbocycles. The second-order valence-corrected chi connectivity index (χ2v) is 12.6. The molecule has 2 aliphatic rings. The van der Waals surface area contributed by atoms with Gasteiger partial charge in [-0.3, -0.25) is 9.59 Å². The minimum absolute atomic E-state index is 0. The quantitative estimate of drug-likeness (QED) is 0.221. The number of carbonyl (C=O) groups excluding carboxylic acids is 2. The van der Waals surface area contributed by atoms with Crippen LogP contribution in [0.3, 0.4) is 0 Å². The Balaban J connectivity index is 0.00000216. The van der Waals surface area contributed by atoms with Crippen molar-refractivity contribution in [2.45, 2.75) is 0 Å². The number of fused-ring (bicyclic) bond motifs is 1. The van der Waals surface area contributed by atoms with Crippen molar-refractivity contribution in [1.82, 2.24) is 37.2 Å². The second-order valence-electron chi connectivity index (χ2n) is 12.6. The van der Waals surface area contributed by atoms with Gasteiger partial charge in [0.05, 0.1) is 56.7 Å². The molecule has 50 heavy (non-hydrogen) atoms. The van der Waals surface area contributed by atoms with Crippen molar-refractivity contribution < 1.29 is 75.0 Å². The molecule has 8 rings (SSSR count). The van der Waals surface area contributed by atoms with E-state index < -0.39 is 0 Å². The Morgan fingerprint density at radius 2 is 0.640 bits per heavy atom. The smallest absolute Gasteiger partial charge is 0.261 e. The first-order valence-corrected chi connectivity index (χ1v) is 15.8. The fraction of sp³-hybridized carbons (Fsp3) is 0.211. The maximum atomic E-state index is 14.1. The molecular weight excluding hydrogens is 778 g/mol. The number of likely N-dealkylation sites (N-methyl/N-ethyl adjacent to an activating group) is 2. The molecule has 0 N–H and O–H groups in total. The normalized spacial score (nSPS) is 14.3. The number of hydrogen-bond donors (Lipinski definition) is 0. The van der Waals surface area contributed by atoms with E-state index in [0.717, 1.165) is 56.9 Å². The molecule has 6 aromatic heterocycles. The van der Waals surface area contributed by atoms with E-state index in [1.807, 2.05) is 100.0 Å². The van der Waals surface area contributed by atoms with Crippen LogP contribution < -0.4 is 0 Å². The van der Waals surface area contributed by atoms with Crippen molar-refractivity contribution in [2.75, 3.05) is 14.1 Å². The van der Waals surface area contributed by atoms with Crippen LogP contribution in [0.2, 0.25) is 0 Å². The Labute approximate surface area is 342 Å². The van der Waals surface area contributed by atoms with Crippen LogP contribution in [0.5, 0.6) is 0 Å². The van der Waals surface area contributed by atoms with Crippen LogP contribution in [0.25, 0.3) is 56.9 Å². The van der Waals surface area contributed by atoms with Gasteiger partial charge in [-0.2, -0.15) is 24.3 Å². The summed E-state index contributed by atoms with van der Waals surface area (Å²) in [6.07, 6.45) is 6.37. The fourth-order valence-corrected chi connectivity index (χ4v) is 7.52. The number of rotatable bonds is 6. The summed E-state index contributed by atoms with van der Waals surface area (Å²) >= 11 is 0. The van der Waals surface area contributed by atoms with E-state index in [4.69, 9.17) is 0 Å². The summed E-state index contributed by atoms with van der Waals surface area (Å²) in [6, 6.07) is 24.4. The summed E-state index contributed by atoms with van der Waals surface area (Å²) in [5, 5.41) is 0. The number of nitrogens with zero attached hydrogens (tertiary/aromatic N) is 8. The third-order valence-corrected chi connectivity index (χ3v) is 10.2. The molecule has 2 radical (unpaired) electrons. The second kappa shape index (κ2) is 13.1. The third-order valence-electron chi connectivity index (χ3n) is 10.2. The molecule has 248 valence electrons. The monoisotopic (exact) mass is 814 g/mol. The van der Waals surface area contributed by atoms with Crippen molar-refractivity contribution in [3.63, 3.8) is 0 Å². The molecule has 2 amide bonds. The summed E-state index contributed by atoms with van der Waals surface area (Å²) in [4.78, 5) is 31.4. The van der Waals surface area contributed by atoms with Crippen molar-refractivity contribution in [3.8, 4) is 45.6 Å². The molecule has 10 nitrogen and oxygen atoms in total. The maximum absolute atomic E-state index is 14.1. The minimum atomic E-state index is -0.194. The largest absolute Gasteiger partial charge is 0.465 e. The molecule has 0 unspecified atom stereocenters. The number of carbonyl (C=O) groups is 2. The van der Waals surface area contributed by atoms with Gasteiger partial charge in [-0.05, 0) is 74.0 Å². The zero-order chi connectivity index (χ0) is 33.8. The van der Waals surface area contributed by atoms with Gasteiger partial charge in [0.2, 0.25) is 0 Å². The van der Waals surface area contributed by atoms with Crippen LogP contribution in [0, 0.1) is 12.4 Å². The first kappa shape index (κ1) is 36.1. The summed E-state index contributed by atoms with van der Waals surface area (Å²) in [6.45, 7) is 0. The zero-order valence-electron chi connectivity index (χ0n) is 29.5. The number of hydrogen-bond acceptors (Lipinski definition) is 2. The van der Waals surface area contributed by atoms with E-state index in [0.29, 0.717) is 22.5 Å². The summed E-state index contributed by atoms with van der Waals surface area (Å²) < 4.78 is 12.4. The standard InChI is InChI=1S/C38H36N8O2.2Y/c1-39-21-9-11-23(39)25-13-15-27(41(25)3)29-17-19-31(43(29)5)35-33-34(38(48)45(35)7)36(46(8)37(33)47)32-20-18-30(44(32)6)28-16-14-26(42(28)4)24-12-10-22-40(24)2;;/h9-20H,1-8H3;;/q-2;;. The Kier molecular flexibility index (Phi) is 9.48. The molecule has 0 aliphatic carbocycles. The Bertz CT molecular complexity index is 2230. The number of amides is 2. The molecule has 0 saturated carbocycles. The average Bonchev–Trinajstić information content (AvgIpc) is 3.94. The van der Waals surface area contributed by atoms with E-state index >= 15 is 0 Å². The average molecular weight is 815 g/mol. The van der Waals surface area contributed by atoms with Crippen molar-refractivity contribution in [2.24, 2.45) is 42.3 Å². The summed E-state index contributed by atoms with van der Waals surface area (Å²) in [7, 11) is 15.5. The SMILES string of the molecule is CN1C(=O)C2=C(c3ccc(-c4ccc(-c5cc[c-]n5C)n4C)n3C)N(C)C(=O)C2=C1c1ccc(-c2ccc(-c3cc[c-]n3C)n2C)n1C.[Y].[Y]. The van der Waals surface area contributed by atoms with Gasteiger partial charge in [-0.15, -0.1) is 12.4 Å². The minimum Gasteiger partial charge on any atom is -0.465 e. The van der Waals surface area contributed by atoms with E-state index in [1.165, 1.54) is 0 Å². The first-order valence-electron chi connectivity index (χ1n) is 15.8. The molecule has 8 heterocycles. The number of aromatic nitrogens is 6. The molecule has 6 aromatic rings. The van der Waals surface area contributed by atoms with Crippen molar-refractivity contribution >= 4 is 23.2 Å². The van der Waals surface area contributed by atoms with Crippen LogP contribution in [0.4, 0.5) is 0 Å². The summed E-state index contributed by atoms with van der Waals surface area (Å²) in [5.41, 5.74) is 12.0. The van der Waals surface area contributed by atoms with Crippen molar-refractivity contribution in [1.29, 1.82) is 0 Å². The van der Waals surface area contributed by atoms with Gasteiger partial charge in [-0.25, -0.2) is 0 Å². The van der Waals surface area contributed by atoms with Crippen LogP contribution in [-0.4, -0.2) is 63.1 Å². The van der Waals surface area contributed by atoms with Crippen LogP contribution in [-0.2, 0) is 117 Å². The Morgan fingerprint density at radius 3 is 0.920 bits per heavy atom. The Morgan fingerprint density at radius 1 is 0.380 bits per heavy atom. The maximum Gasteiger partial charge on any atom is 0.261 e. The Hall–Kier alpha value is -3.69. The van der Waals surface area contributed by atoms with E-state index in [-0.39, 0.29) is 77.2 Å². The third kappa shape index (κ3) is 5.05. The van der Waals surface area contributed by atoms with E-state index in [2.05, 4.69) is 54.9 Å². The van der Waals surface area contributed by atoms with Gasteiger partial charge in [0, 0.05) is 108 Å². The first-order chi connectivity index (χ1) is 23.0. The molecule has 12 heteroatoms. The molecule has 0 bridgehead atoms. The predicted octanol–water partition coefficient (Wildman–Crippen LogP) is 5.05. The molecule has 0 saturated heterocycles. The van der Waals surface area contributed by atoms with E-state index in [9.17, 15) is 9.59 Å². The molecule has 0 spiro atoms. The molecule has 2 aliphatic heterocycles. The van der Waals surface area contributed by atoms with Crippen LogP contribution in [0.1, 0.15) is 11.4 Å². The van der Waals surface area contributed by atoms with Crippen molar-refractivity contribution in [3.05, 3.63) is 108 Å². The van der Waals surface area contributed by atoms with Gasteiger partial charge in [0.15, 0.2) is 0 Å². The van der Waals surface area contributed by atoms with Crippen LogP contribution >= 0.6 is 0 Å². The van der Waals surface area contributed by atoms with Gasteiger partial charge in [-0.1, -0.05) is 11.4 Å². The van der Waals surface area contributed by atoms with Gasteiger partial charge in [0.1, 0.15) is 0 Å². The van der Waals surface area contributed by atoms with E-state index in [1.54, 1.807) is 23.9 Å². The summed E-state index contributed by atoms with van der Waals surface area (Å²) in [5.74, 6) is -0.388. The predicted molar refractivity (Wildman–Crippen MR) is 186 cm³/mol. The van der Waals surface area contributed by atoms with Gasteiger partial charge >= 0.3 is 0 Å². The van der Waals surface area contributed by atoms with Gasteiger partial charge in [0.25, 0.3) is 11.8 Å². The zero-order valence-corrected chi connectivity index (χ0v) is 35.2.